The van der Waals surface area contributed by atoms with E-state index < -0.39 is 5.82 Å². The van der Waals surface area contributed by atoms with E-state index in [0.717, 1.165) is 25.7 Å². The van der Waals surface area contributed by atoms with Gasteiger partial charge in [-0.1, -0.05) is 12.1 Å². The lowest BCUT2D eigenvalue weighted by molar-refractivity contribution is -0.0149. The third-order valence-corrected chi connectivity index (χ3v) is 3.80. The van der Waals surface area contributed by atoms with Gasteiger partial charge in [-0.3, -0.25) is 4.79 Å². The lowest BCUT2D eigenvalue weighted by Crippen LogP contribution is -2.30. The monoisotopic (exact) mass is 234 g/mol. The van der Waals surface area contributed by atoms with Crippen molar-refractivity contribution in [2.45, 2.75) is 37.9 Å². The van der Waals surface area contributed by atoms with Gasteiger partial charge in [0.1, 0.15) is 5.82 Å². The second kappa shape index (κ2) is 4.22. The lowest BCUT2D eigenvalue weighted by atomic mass is 9.88. The second-order valence-corrected chi connectivity index (χ2v) is 4.97. The van der Waals surface area contributed by atoms with Gasteiger partial charge in [-0.2, -0.15) is 0 Å². The third-order valence-electron chi connectivity index (χ3n) is 3.80. The van der Waals surface area contributed by atoms with Gasteiger partial charge in [0.15, 0.2) is 5.78 Å². The molecular weight excluding hydrogens is 219 g/mol. The molecule has 0 saturated carbocycles. The Hall–Kier alpha value is -1.22. The highest BCUT2D eigenvalue weighted by Crippen LogP contribution is 2.37. The van der Waals surface area contributed by atoms with Crippen LogP contribution in [0.3, 0.4) is 0 Å². The van der Waals surface area contributed by atoms with Crippen LogP contribution in [0.15, 0.2) is 24.3 Å². The van der Waals surface area contributed by atoms with E-state index in [1.807, 2.05) is 0 Å². The van der Waals surface area contributed by atoms with Gasteiger partial charge in [0.05, 0.1) is 17.8 Å². The molecule has 0 spiro atoms. The molecule has 1 aromatic carbocycles. The van der Waals surface area contributed by atoms with Crippen LogP contribution in [0, 0.1) is 11.7 Å². The fourth-order valence-corrected chi connectivity index (χ4v) is 2.95. The van der Waals surface area contributed by atoms with Crippen molar-refractivity contribution in [1.82, 2.24) is 0 Å². The van der Waals surface area contributed by atoms with Gasteiger partial charge in [0.2, 0.25) is 0 Å². The number of rotatable bonds is 2. The molecule has 2 unspecified atom stereocenters. The number of carbonyl (C=O) groups is 1. The van der Waals surface area contributed by atoms with Crippen molar-refractivity contribution in [2.75, 3.05) is 0 Å². The molecule has 2 saturated heterocycles. The van der Waals surface area contributed by atoms with Crippen molar-refractivity contribution in [1.29, 1.82) is 0 Å². The summed E-state index contributed by atoms with van der Waals surface area (Å²) in [6.45, 7) is 0. The summed E-state index contributed by atoms with van der Waals surface area (Å²) in [5.41, 5.74) is 0.235. The van der Waals surface area contributed by atoms with Crippen LogP contribution in [0.4, 0.5) is 4.39 Å². The molecule has 2 aliphatic rings. The van der Waals surface area contributed by atoms with Crippen LogP contribution < -0.4 is 0 Å². The molecular formula is C14H15FO2. The molecule has 0 amide bonds. The van der Waals surface area contributed by atoms with E-state index >= 15 is 0 Å². The molecule has 0 aromatic heterocycles. The highest BCUT2D eigenvalue weighted by Gasteiger charge is 2.38. The Morgan fingerprint density at radius 1 is 1.18 bits per heavy atom. The first-order chi connectivity index (χ1) is 8.24. The molecule has 2 bridgehead atoms. The van der Waals surface area contributed by atoms with Crippen LogP contribution in [0.1, 0.15) is 36.0 Å². The first-order valence-corrected chi connectivity index (χ1v) is 6.18. The van der Waals surface area contributed by atoms with Gasteiger partial charge in [0.25, 0.3) is 0 Å². The summed E-state index contributed by atoms with van der Waals surface area (Å²) < 4.78 is 19.3. The van der Waals surface area contributed by atoms with E-state index in [1.165, 1.54) is 6.07 Å². The first kappa shape index (κ1) is 10.9. The van der Waals surface area contributed by atoms with Crippen molar-refractivity contribution in [3.63, 3.8) is 0 Å². The zero-order valence-corrected chi connectivity index (χ0v) is 9.56. The molecule has 2 heterocycles. The van der Waals surface area contributed by atoms with E-state index in [0.29, 0.717) is 0 Å². The van der Waals surface area contributed by atoms with Crippen molar-refractivity contribution in [3.05, 3.63) is 35.6 Å². The van der Waals surface area contributed by atoms with Crippen LogP contribution in [-0.4, -0.2) is 18.0 Å². The molecule has 2 fully saturated rings. The third kappa shape index (κ3) is 2.00. The summed E-state index contributed by atoms with van der Waals surface area (Å²) in [7, 11) is 0. The summed E-state index contributed by atoms with van der Waals surface area (Å²) in [6.07, 6.45) is 4.04. The van der Waals surface area contributed by atoms with Crippen molar-refractivity contribution < 1.29 is 13.9 Å². The van der Waals surface area contributed by atoms with Gasteiger partial charge in [-0.15, -0.1) is 0 Å². The first-order valence-electron chi connectivity index (χ1n) is 6.18. The molecule has 0 aliphatic carbocycles. The SMILES string of the molecule is O=C(c1ccccc1F)C1CC2CCC(C1)O2. The summed E-state index contributed by atoms with van der Waals surface area (Å²) >= 11 is 0. The van der Waals surface area contributed by atoms with E-state index in [2.05, 4.69) is 0 Å². The standard InChI is InChI=1S/C14H15FO2/c15-13-4-2-1-3-12(13)14(16)9-7-10-5-6-11(8-9)17-10/h1-4,9-11H,5-8H2. The molecule has 0 N–H and O–H groups in total. The van der Waals surface area contributed by atoms with Gasteiger partial charge < -0.3 is 4.74 Å². The van der Waals surface area contributed by atoms with Gasteiger partial charge in [-0.05, 0) is 37.8 Å². The Morgan fingerprint density at radius 3 is 2.47 bits per heavy atom. The summed E-state index contributed by atoms with van der Waals surface area (Å²) in [5, 5.41) is 0. The second-order valence-electron chi connectivity index (χ2n) is 4.97. The minimum Gasteiger partial charge on any atom is -0.375 e. The zero-order chi connectivity index (χ0) is 11.8. The molecule has 2 atom stereocenters. The number of hydrogen-bond donors (Lipinski definition) is 0. The van der Waals surface area contributed by atoms with Gasteiger partial charge >= 0.3 is 0 Å². The Bertz CT molecular complexity index is 432. The predicted molar refractivity (Wildman–Crippen MR) is 61.3 cm³/mol. The number of ether oxygens (including phenoxy) is 1. The maximum Gasteiger partial charge on any atom is 0.169 e. The molecule has 2 nitrogen and oxygen atoms in total. The molecule has 3 heteroatoms. The van der Waals surface area contributed by atoms with Crippen molar-refractivity contribution in [2.24, 2.45) is 5.92 Å². The van der Waals surface area contributed by atoms with Crippen molar-refractivity contribution >= 4 is 5.78 Å². The molecule has 3 rings (SSSR count). The summed E-state index contributed by atoms with van der Waals surface area (Å²) in [4.78, 5) is 12.2. The van der Waals surface area contributed by atoms with Crippen LogP contribution in [0.2, 0.25) is 0 Å². The minimum absolute atomic E-state index is 0.0525. The predicted octanol–water partition coefficient (Wildman–Crippen LogP) is 2.97. The van der Waals surface area contributed by atoms with E-state index in [-0.39, 0.29) is 29.5 Å². The molecule has 90 valence electrons. The van der Waals surface area contributed by atoms with Crippen molar-refractivity contribution in [3.8, 4) is 0 Å². The highest BCUT2D eigenvalue weighted by atomic mass is 19.1. The van der Waals surface area contributed by atoms with Crippen LogP contribution in [-0.2, 0) is 4.74 Å². The number of carbonyl (C=O) groups excluding carboxylic acids is 1. The topological polar surface area (TPSA) is 26.3 Å². The van der Waals surface area contributed by atoms with E-state index in [4.69, 9.17) is 4.74 Å². The molecule has 0 radical (unpaired) electrons. The number of halogens is 1. The summed E-state index contributed by atoms with van der Waals surface area (Å²) in [5.74, 6) is -0.516. The van der Waals surface area contributed by atoms with E-state index in [1.54, 1.807) is 18.2 Å². The largest absolute Gasteiger partial charge is 0.375 e. The maximum atomic E-state index is 13.6. The smallest absolute Gasteiger partial charge is 0.169 e. The number of fused-ring (bicyclic) bond motifs is 2. The highest BCUT2D eigenvalue weighted by molar-refractivity contribution is 5.98. The van der Waals surface area contributed by atoms with E-state index in [9.17, 15) is 9.18 Å². The average molecular weight is 234 g/mol. The molecule has 17 heavy (non-hydrogen) atoms. The van der Waals surface area contributed by atoms with Gasteiger partial charge in [-0.25, -0.2) is 4.39 Å². The lowest BCUT2D eigenvalue weighted by Gasteiger charge is -2.27. The summed E-state index contributed by atoms with van der Waals surface area (Å²) in [6, 6.07) is 6.25. The fraction of sp³-hybridized carbons (Fsp3) is 0.500. The van der Waals surface area contributed by atoms with Crippen LogP contribution >= 0.6 is 0 Å². The quantitative estimate of drug-likeness (QED) is 0.735. The van der Waals surface area contributed by atoms with Crippen LogP contribution in [0.25, 0.3) is 0 Å². The van der Waals surface area contributed by atoms with Gasteiger partial charge in [0, 0.05) is 5.92 Å². The Morgan fingerprint density at radius 2 is 1.82 bits per heavy atom. The zero-order valence-electron chi connectivity index (χ0n) is 9.56. The fourth-order valence-electron chi connectivity index (χ4n) is 2.95. The van der Waals surface area contributed by atoms with Crippen LogP contribution in [0.5, 0.6) is 0 Å². The molecule has 2 aliphatic heterocycles. The Balaban J connectivity index is 1.81. The average Bonchev–Trinajstić information content (AvgIpc) is 2.68. The molecule has 1 aromatic rings. The number of ketones is 1. The number of hydrogen-bond acceptors (Lipinski definition) is 2. The Kier molecular flexibility index (Phi) is 2.71. The number of Topliss-reactive ketones (excluding diaryl/α,β-unsaturated/α-hetero) is 1. The number of benzene rings is 1. The normalized spacial score (nSPS) is 31.5. The Labute approximate surface area is 99.8 Å². The maximum absolute atomic E-state index is 13.6. The minimum atomic E-state index is -0.406.